The van der Waals surface area contributed by atoms with Gasteiger partial charge in [0.1, 0.15) is 6.21 Å². The molecule has 0 aromatic heterocycles. The maximum absolute atomic E-state index is 11.5. The molecule has 1 aromatic carbocycles. The Labute approximate surface area is 98.4 Å². The summed E-state index contributed by atoms with van der Waals surface area (Å²) >= 11 is 0. The lowest BCUT2D eigenvalue weighted by molar-refractivity contribution is 0.106. The third-order valence-corrected chi connectivity index (χ3v) is 2.12. The van der Waals surface area contributed by atoms with Gasteiger partial charge in [-0.3, -0.25) is 4.79 Å². The highest BCUT2D eigenvalue weighted by atomic mass is 16.5. The van der Waals surface area contributed by atoms with E-state index in [0.717, 1.165) is 6.21 Å². The monoisotopic (exact) mass is 239 g/mol. The molecule has 0 spiro atoms. The van der Waals surface area contributed by atoms with E-state index in [1.165, 1.54) is 33.5 Å². The first-order valence-corrected chi connectivity index (χ1v) is 4.69. The number of benzene rings is 1. The molecule has 6 heteroatoms. The summed E-state index contributed by atoms with van der Waals surface area (Å²) in [5.74, 6) is 0.655. The summed E-state index contributed by atoms with van der Waals surface area (Å²) in [7, 11) is 4.37. The van der Waals surface area contributed by atoms with Crippen LogP contribution in [0.1, 0.15) is 10.4 Å². The van der Waals surface area contributed by atoms with E-state index in [9.17, 15) is 4.79 Å². The van der Waals surface area contributed by atoms with E-state index in [1.807, 2.05) is 0 Å². The van der Waals surface area contributed by atoms with Crippen LogP contribution >= 0.6 is 0 Å². The Hall–Kier alpha value is -2.24. The molecule has 0 fully saturated rings. The summed E-state index contributed by atoms with van der Waals surface area (Å²) < 4.78 is 15.3. The molecule has 0 saturated heterocycles. The van der Waals surface area contributed by atoms with Gasteiger partial charge in [-0.25, -0.2) is 0 Å². The number of carbonyl (C=O) groups excluding carboxylic acids is 1. The van der Waals surface area contributed by atoms with Crippen molar-refractivity contribution < 1.29 is 24.2 Å². The van der Waals surface area contributed by atoms with Crippen LogP contribution < -0.4 is 14.2 Å². The van der Waals surface area contributed by atoms with E-state index in [1.54, 1.807) is 0 Å². The van der Waals surface area contributed by atoms with Gasteiger partial charge in [-0.05, 0) is 12.1 Å². The normalized spacial score (nSPS) is 10.3. The van der Waals surface area contributed by atoms with Crippen molar-refractivity contribution in [1.82, 2.24) is 0 Å². The van der Waals surface area contributed by atoms with Crippen LogP contribution in [0.5, 0.6) is 17.2 Å². The van der Waals surface area contributed by atoms with Gasteiger partial charge in [-0.1, -0.05) is 5.16 Å². The van der Waals surface area contributed by atoms with Crippen molar-refractivity contribution in [3.63, 3.8) is 0 Å². The van der Waals surface area contributed by atoms with Gasteiger partial charge in [0, 0.05) is 5.56 Å². The molecule has 0 radical (unpaired) electrons. The third-order valence-electron chi connectivity index (χ3n) is 2.12. The highest BCUT2D eigenvalue weighted by molar-refractivity contribution is 6.35. The zero-order valence-corrected chi connectivity index (χ0v) is 9.76. The summed E-state index contributed by atoms with van der Waals surface area (Å²) in [6.07, 6.45) is 0.792. The number of nitrogens with zero attached hydrogens (tertiary/aromatic N) is 1. The Morgan fingerprint density at radius 2 is 1.71 bits per heavy atom. The van der Waals surface area contributed by atoms with Crippen LogP contribution in [0.25, 0.3) is 0 Å². The number of rotatable bonds is 5. The van der Waals surface area contributed by atoms with E-state index in [0.29, 0.717) is 17.2 Å². The first-order chi connectivity index (χ1) is 8.17. The molecular weight excluding hydrogens is 226 g/mol. The molecule has 92 valence electrons. The largest absolute Gasteiger partial charge is 0.493 e. The number of oxime groups is 1. The summed E-state index contributed by atoms with van der Waals surface area (Å²) in [5.41, 5.74) is 0.275. The number of hydrogen-bond donors (Lipinski definition) is 1. The van der Waals surface area contributed by atoms with Gasteiger partial charge in [0.25, 0.3) is 0 Å². The van der Waals surface area contributed by atoms with Gasteiger partial charge in [0.15, 0.2) is 11.5 Å². The minimum Gasteiger partial charge on any atom is -0.493 e. The summed E-state index contributed by atoms with van der Waals surface area (Å²) in [5, 5.41) is 11.0. The fourth-order valence-electron chi connectivity index (χ4n) is 1.35. The molecule has 6 nitrogen and oxygen atoms in total. The Balaban J connectivity index is 3.31. The van der Waals surface area contributed by atoms with Gasteiger partial charge in [0.05, 0.1) is 21.3 Å². The average molecular weight is 239 g/mol. The Kier molecular flexibility index (Phi) is 4.33. The summed E-state index contributed by atoms with van der Waals surface area (Å²) in [6.45, 7) is 0. The number of methoxy groups -OCH3 is 3. The van der Waals surface area contributed by atoms with Crippen LogP contribution in [-0.2, 0) is 0 Å². The molecule has 1 aromatic rings. The van der Waals surface area contributed by atoms with Crippen molar-refractivity contribution >= 4 is 12.0 Å². The molecule has 1 N–H and O–H groups in total. The van der Waals surface area contributed by atoms with E-state index in [-0.39, 0.29) is 5.56 Å². The van der Waals surface area contributed by atoms with Crippen molar-refractivity contribution in [2.24, 2.45) is 5.16 Å². The van der Waals surface area contributed by atoms with Gasteiger partial charge in [-0.2, -0.15) is 0 Å². The predicted octanol–water partition coefficient (Wildman–Crippen LogP) is 1.36. The molecule has 17 heavy (non-hydrogen) atoms. The number of ether oxygens (including phenoxy) is 3. The number of Topliss-reactive ketones (excluding diaryl/α,β-unsaturated/α-hetero) is 1. The fraction of sp³-hybridized carbons (Fsp3) is 0.273. The quantitative estimate of drug-likeness (QED) is 0.363. The van der Waals surface area contributed by atoms with Crippen molar-refractivity contribution in [3.05, 3.63) is 17.7 Å². The second-order valence-corrected chi connectivity index (χ2v) is 3.02. The Morgan fingerprint density at radius 3 is 2.06 bits per heavy atom. The third kappa shape index (κ3) is 2.66. The zero-order chi connectivity index (χ0) is 12.8. The van der Waals surface area contributed by atoms with E-state index in [2.05, 4.69) is 5.16 Å². The van der Waals surface area contributed by atoms with Crippen molar-refractivity contribution in [1.29, 1.82) is 0 Å². The summed E-state index contributed by atoms with van der Waals surface area (Å²) in [6, 6.07) is 2.96. The maximum atomic E-state index is 11.5. The van der Waals surface area contributed by atoms with E-state index in [4.69, 9.17) is 19.4 Å². The van der Waals surface area contributed by atoms with Gasteiger partial charge >= 0.3 is 0 Å². The van der Waals surface area contributed by atoms with Gasteiger partial charge in [-0.15, -0.1) is 0 Å². The Bertz CT molecular complexity index is 416. The molecule has 1 rings (SSSR count). The van der Waals surface area contributed by atoms with Crippen molar-refractivity contribution in [2.45, 2.75) is 0 Å². The molecule has 0 aliphatic rings. The van der Waals surface area contributed by atoms with E-state index >= 15 is 0 Å². The fourth-order valence-corrected chi connectivity index (χ4v) is 1.35. The predicted molar refractivity (Wildman–Crippen MR) is 60.7 cm³/mol. The Morgan fingerprint density at radius 1 is 1.18 bits per heavy atom. The molecule has 0 aliphatic carbocycles. The lowest BCUT2D eigenvalue weighted by Gasteiger charge is -2.12. The molecule has 0 unspecified atom stereocenters. The first-order valence-electron chi connectivity index (χ1n) is 4.69. The van der Waals surface area contributed by atoms with Crippen LogP contribution in [0.15, 0.2) is 17.3 Å². The van der Waals surface area contributed by atoms with Crippen molar-refractivity contribution in [3.8, 4) is 17.2 Å². The number of carbonyl (C=O) groups is 1. The number of hydrogen-bond acceptors (Lipinski definition) is 6. The molecular formula is C11H13NO5. The highest BCUT2D eigenvalue weighted by Crippen LogP contribution is 2.38. The number of ketones is 1. The van der Waals surface area contributed by atoms with Crippen LogP contribution in [0.4, 0.5) is 0 Å². The standard InChI is InChI=1S/C11H13NO5/c1-15-9-4-7(8(13)6-12-14)5-10(16-2)11(9)17-3/h4-6,14H,1-3H3. The van der Waals surface area contributed by atoms with Gasteiger partial charge in [0.2, 0.25) is 11.5 Å². The van der Waals surface area contributed by atoms with E-state index < -0.39 is 5.78 Å². The van der Waals surface area contributed by atoms with Crippen LogP contribution in [0, 0.1) is 0 Å². The molecule has 0 bridgehead atoms. The molecule has 0 heterocycles. The van der Waals surface area contributed by atoms with Gasteiger partial charge < -0.3 is 19.4 Å². The lowest BCUT2D eigenvalue weighted by atomic mass is 10.1. The second kappa shape index (κ2) is 5.74. The first kappa shape index (κ1) is 12.8. The van der Waals surface area contributed by atoms with Crippen LogP contribution in [-0.4, -0.2) is 38.5 Å². The average Bonchev–Trinajstić information content (AvgIpc) is 2.37. The smallest absolute Gasteiger partial charge is 0.207 e. The van der Waals surface area contributed by atoms with Crippen molar-refractivity contribution in [2.75, 3.05) is 21.3 Å². The molecule has 0 saturated carbocycles. The SMILES string of the molecule is COc1cc(C(=O)C=NO)cc(OC)c1OC. The molecule has 0 atom stereocenters. The minimum atomic E-state index is -0.466. The highest BCUT2D eigenvalue weighted by Gasteiger charge is 2.15. The topological polar surface area (TPSA) is 77.4 Å². The zero-order valence-electron chi connectivity index (χ0n) is 9.76. The van der Waals surface area contributed by atoms with Crippen LogP contribution in [0.3, 0.4) is 0 Å². The van der Waals surface area contributed by atoms with Crippen LogP contribution in [0.2, 0.25) is 0 Å². The second-order valence-electron chi connectivity index (χ2n) is 3.02. The molecule has 0 amide bonds. The molecule has 0 aliphatic heterocycles. The lowest BCUT2D eigenvalue weighted by Crippen LogP contribution is -2.03. The summed E-state index contributed by atoms with van der Waals surface area (Å²) in [4.78, 5) is 11.5. The minimum absolute atomic E-state index is 0.275. The maximum Gasteiger partial charge on any atom is 0.207 e.